The predicted molar refractivity (Wildman–Crippen MR) is 121 cm³/mol. The Morgan fingerprint density at radius 2 is 1.84 bits per heavy atom. The molecule has 0 saturated heterocycles. The van der Waals surface area contributed by atoms with E-state index in [1.54, 1.807) is 24.3 Å². The summed E-state index contributed by atoms with van der Waals surface area (Å²) in [6, 6.07) is 11.0. The summed E-state index contributed by atoms with van der Waals surface area (Å²) >= 11 is 5.52. The van der Waals surface area contributed by atoms with Crippen LogP contribution in [0.25, 0.3) is 0 Å². The minimum Gasteiger partial charge on any atom is -0.496 e. The number of thiocarbonyl (C=S) groups is 1. The fourth-order valence-corrected chi connectivity index (χ4v) is 4.09. The minimum absolute atomic E-state index is 0.0656. The van der Waals surface area contributed by atoms with Crippen LogP contribution < -0.4 is 14.8 Å². The lowest BCUT2D eigenvalue weighted by atomic mass is 9.88. The summed E-state index contributed by atoms with van der Waals surface area (Å²) in [5, 5.41) is 15.2. The summed E-state index contributed by atoms with van der Waals surface area (Å²) in [5.41, 5.74) is 1.83. The summed E-state index contributed by atoms with van der Waals surface area (Å²) in [6.07, 6.45) is 0. The van der Waals surface area contributed by atoms with E-state index in [4.69, 9.17) is 21.7 Å². The van der Waals surface area contributed by atoms with Crippen LogP contribution in [0.15, 0.2) is 53.7 Å². The van der Waals surface area contributed by atoms with Crippen molar-refractivity contribution in [2.75, 3.05) is 20.8 Å². The molecule has 3 rings (SSSR count). The third-order valence-corrected chi connectivity index (χ3v) is 5.57. The van der Waals surface area contributed by atoms with Gasteiger partial charge >= 0.3 is 5.69 Å². The van der Waals surface area contributed by atoms with Gasteiger partial charge in [0.1, 0.15) is 5.75 Å². The molecule has 0 aliphatic carbocycles. The molecule has 1 atom stereocenters. The molecule has 162 valence electrons. The topological polar surface area (TPSA) is 93.9 Å². The maximum absolute atomic E-state index is 13.5. The van der Waals surface area contributed by atoms with Gasteiger partial charge in [-0.15, -0.1) is 0 Å². The number of nitrogens with zero attached hydrogens (tertiary/aromatic N) is 2. The highest BCUT2D eigenvalue weighted by Crippen LogP contribution is 2.42. The van der Waals surface area contributed by atoms with Crippen LogP contribution in [0.2, 0.25) is 0 Å². The first-order valence-corrected chi connectivity index (χ1v) is 10.0. The van der Waals surface area contributed by atoms with E-state index in [9.17, 15) is 14.9 Å². The zero-order valence-electron chi connectivity index (χ0n) is 17.7. The van der Waals surface area contributed by atoms with Gasteiger partial charge in [0.2, 0.25) is 5.75 Å². The van der Waals surface area contributed by atoms with Gasteiger partial charge in [-0.1, -0.05) is 30.3 Å². The number of Topliss-reactive ketones (excluding diaryl/α,β-unsaturated/α-hetero) is 1. The number of ketones is 1. The lowest BCUT2D eigenvalue weighted by molar-refractivity contribution is -0.385. The molecule has 0 bridgehead atoms. The number of nitro groups is 1. The number of carbonyl (C=O) groups is 1. The zero-order chi connectivity index (χ0) is 22.7. The largest absolute Gasteiger partial charge is 0.496 e. The fraction of sp³-hybridized carbons (Fsp3) is 0.273. The maximum Gasteiger partial charge on any atom is 0.311 e. The van der Waals surface area contributed by atoms with Gasteiger partial charge in [-0.2, -0.15) is 0 Å². The van der Waals surface area contributed by atoms with E-state index < -0.39 is 11.0 Å². The third kappa shape index (κ3) is 4.09. The van der Waals surface area contributed by atoms with E-state index >= 15 is 0 Å². The van der Waals surface area contributed by atoms with Gasteiger partial charge in [0, 0.05) is 41.1 Å². The van der Waals surface area contributed by atoms with Crippen molar-refractivity contribution >= 4 is 28.8 Å². The van der Waals surface area contributed by atoms with E-state index in [1.807, 2.05) is 24.8 Å². The highest BCUT2D eigenvalue weighted by molar-refractivity contribution is 7.80. The highest BCUT2D eigenvalue weighted by Gasteiger charge is 2.36. The normalized spacial score (nSPS) is 16.1. The van der Waals surface area contributed by atoms with Crippen LogP contribution in [-0.4, -0.2) is 41.5 Å². The van der Waals surface area contributed by atoms with Gasteiger partial charge < -0.3 is 19.7 Å². The van der Waals surface area contributed by atoms with Crippen molar-refractivity contribution in [1.29, 1.82) is 0 Å². The Bertz CT molecular complexity index is 1070. The van der Waals surface area contributed by atoms with Crippen molar-refractivity contribution in [3.05, 3.63) is 75.0 Å². The van der Waals surface area contributed by atoms with Crippen LogP contribution in [0, 0.1) is 10.1 Å². The first-order chi connectivity index (χ1) is 14.8. The molecule has 31 heavy (non-hydrogen) atoms. The number of benzene rings is 2. The smallest absolute Gasteiger partial charge is 0.311 e. The summed E-state index contributed by atoms with van der Waals surface area (Å²) in [7, 11) is 2.81. The minimum atomic E-state index is -0.734. The Morgan fingerprint density at radius 3 is 2.39 bits per heavy atom. The lowest BCUT2D eigenvalue weighted by Gasteiger charge is -2.37. The summed E-state index contributed by atoms with van der Waals surface area (Å²) in [5.74, 6) is 0.215. The van der Waals surface area contributed by atoms with Gasteiger partial charge in [0.25, 0.3) is 0 Å². The molecule has 1 aliphatic heterocycles. The first kappa shape index (κ1) is 22.2. The summed E-state index contributed by atoms with van der Waals surface area (Å²) in [6.45, 7) is 4.32. The molecule has 0 saturated carbocycles. The number of hydrogen-bond donors (Lipinski definition) is 1. The van der Waals surface area contributed by atoms with Gasteiger partial charge in [-0.3, -0.25) is 14.9 Å². The van der Waals surface area contributed by atoms with Crippen molar-refractivity contribution in [2.45, 2.75) is 19.9 Å². The Balaban J connectivity index is 2.26. The second-order valence-electron chi connectivity index (χ2n) is 6.84. The molecule has 0 fully saturated rings. The quantitative estimate of drug-likeness (QED) is 0.298. The molecule has 8 nitrogen and oxygen atoms in total. The van der Waals surface area contributed by atoms with Crippen LogP contribution in [0.1, 0.15) is 35.8 Å². The number of allylic oxidation sites excluding steroid dienone is 1. The van der Waals surface area contributed by atoms with E-state index in [0.29, 0.717) is 39.8 Å². The number of hydrogen-bond acceptors (Lipinski definition) is 6. The number of ether oxygens (including phenoxy) is 2. The van der Waals surface area contributed by atoms with Gasteiger partial charge in [-0.25, -0.2) is 0 Å². The monoisotopic (exact) mass is 441 g/mol. The molecular formula is C22H23N3O5S. The average molecular weight is 442 g/mol. The highest BCUT2D eigenvalue weighted by atomic mass is 32.1. The van der Waals surface area contributed by atoms with Crippen LogP contribution in [0.5, 0.6) is 11.5 Å². The number of carbonyl (C=O) groups excluding carboxylic acids is 1. The van der Waals surface area contributed by atoms with Crippen LogP contribution >= 0.6 is 12.2 Å². The van der Waals surface area contributed by atoms with E-state index in [1.165, 1.54) is 26.4 Å². The average Bonchev–Trinajstić information content (AvgIpc) is 2.78. The summed E-state index contributed by atoms with van der Waals surface area (Å²) in [4.78, 5) is 26.5. The molecule has 0 aromatic heterocycles. The van der Waals surface area contributed by atoms with Crippen molar-refractivity contribution in [3.8, 4) is 11.5 Å². The first-order valence-electron chi connectivity index (χ1n) is 9.62. The molecule has 2 aromatic rings. The molecular weight excluding hydrogens is 418 g/mol. The van der Waals surface area contributed by atoms with Crippen molar-refractivity contribution in [2.24, 2.45) is 0 Å². The van der Waals surface area contributed by atoms with Crippen molar-refractivity contribution < 1.29 is 19.2 Å². The molecule has 0 radical (unpaired) electrons. The molecule has 0 spiro atoms. The molecule has 1 unspecified atom stereocenters. The predicted octanol–water partition coefficient (Wildman–Crippen LogP) is 4.02. The zero-order valence-corrected chi connectivity index (χ0v) is 18.5. The lowest BCUT2D eigenvalue weighted by Crippen LogP contribution is -2.47. The Kier molecular flexibility index (Phi) is 6.55. The third-order valence-electron chi connectivity index (χ3n) is 5.23. The molecule has 9 heteroatoms. The second-order valence-corrected chi connectivity index (χ2v) is 7.23. The number of rotatable bonds is 7. The van der Waals surface area contributed by atoms with E-state index in [0.717, 1.165) is 0 Å². The SMILES string of the molecule is CCN1C(=S)NC(c2cc([N+](=O)[O-])c(OC)cc2OC)C(C(=O)c2ccccc2)=C1C. The molecule has 1 heterocycles. The number of methoxy groups -OCH3 is 2. The molecule has 1 aliphatic rings. The van der Waals surface area contributed by atoms with Crippen LogP contribution in [-0.2, 0) is 0 Å². The van der Waals surface area contributed by atoms with Crippen LogP contribution in [0.3, 0.4) is 0 Å². The van der Waals surface area contributed by atoms with E-state index in [-0.39, 0.29) is 17.2 Å². The molecule has 2 aromatic carbocycles. The Hall–Kier alpha value is -3.46. The van der Waals surface area contributed by atoms with Gasteiger partial charge in [0.05, 0.1) is 25.2 Å². The maximum atomic E-state index is 13.5. The number of nitro benzene ring substituents is 1. The van der Waals surface area contributed by atoms with Crippen LogP contribution in [0.4, 0.5) is 5.69 Å². The Morgan fingerprint density at radius 1 is 1.19 bits per heavy atom. The molecule has 1 N–H and O–H groups in total. The standard InChI is InChI=1S/C22H23N3O5S/c1-5-24-13(2)19(21(26)14-9-7-6-8-10-14)20(23-22(24)31)15-11-16(25(27)28)18(30-4)12-17(15)29-3/h6-12,20H,5H2,1-4H3,(H,23,31). The van der Waals surface area contributed by atoms with Crippen molar-refractivity contribution in [3.63, 3.8) is 0 Å². The number of nitrogens with one attached hydrogen (secondary N) is 1. The van der Waals surface area contributed by atoms with Gasteiger partial charge in [0.15, 0.2) is 10.9 Å². The second kappa shape index (κ2) is 9.13. The van der Waals surface area contributed by atoms with E-state index in [2.05, 4.69) is 5.32 Å². The summed E-state index contributed by atoms with van der Waals surface area (Å²) < 4.78 is 10.7. The van der Waals surface area contributed by atoms with Gasteiger partial charge in [-0.05, 0) is 26.1 Å². The molecule has 0 amide bonds. The Labute approximate surface area is 185 Å². The van der Waals surface area contributed by atoms with Crippen molar-refractivity contribution in [1.82, 2.24) is 10.2 Å². The fourth-order valence-electron chi connectivity index (χ4n) is 3.71.